The van der Waals surface area contributed by atoms with E-state index in [0.717, 1.165) is 18.6 Å². The van der Waals surface area contributed by atoms with E-state index in [0.29, 0.717) is 18.3 Å². The average molecular weight is 267 g/mol. The zero-order valence-corrected chi connectivity index (χ0v) is 11.1. The summed E-state index contributed by atoms with van der Waals surface area (Å²) in [7, 11) is 1.60. The second-order valence-corrected chi connectivity index (χ2v) is 4.87. The molecular weight excluding hydrogens is 246 g/mol. The summed E-state index contributed by atoms with van der Waals surface area (Å²) in [6.07, 6.45) is 0.791. The van der Waals surface area contributed by atoms with Crippen LogP contribution in [-0.4, -0.2) is 48.7 Å². The number of aliphatic hydroxyl groups excluding tert-OH is 2. The van der Waals surface area contributed by atoms with Gasteiger partial charge >= 0.3 is 0 Å². The van der Waals surface area contributed by atoms with Crippen LogP contribution in [0.5, 0.6) is 11.5 Å². The van der Waals surface area contributed by atoms with E-state index in [1.54, 1.807) is 13.2 Å². The van der Waals surface area contributed by atoms with Crippen molar-refractivity contribution in [3.05, 3.63) is 24.3 Å². The van der Waals surface area contributed by atoms with Crippen LogP contribution in [-0.2, 0) is 0 Å². The number of aliphatic hydroxyl groups is 2. The van der Waals surface area contributed by atoms with Gasteiger partial charge in [-0.2, -0.15) is 0 Å². The van der Waals surface area contributed by atoms with Crippen LogP contribution in [0.4, 0.5) is 0 Å². The molecule has 0 bridgehead atoms. The van der Waals surface area contributed by atoms with Gasteiger partial charge in [0.05, 0.1) is 13.2 Å². The van der Waals surface area contributed by atoms with E-state index >= 15 is 0 Å². The van der Waals surface area contributed by atoms with E-state index in [1.807, 2.05) is 18.2 Å². The zero-order chi connectivity index (χ0) is 13.7. The van der Waals surface area contributed by atoms with E-state index in [2.05, 4.69) is 5.32 Å². The Kier molecular flexibility index (Phi) is 5.01. The number of benzene rings is 1. The number of hydrogen-bond acceptors (Lipinski definition) is 5. The van der Waals surface area contributed by atoms with Gasteiger partial charge in [-0.1, -0.05) is 6.07 Å². The lowest BCUT2D eigenvalue weighted by Crippen LogP contribution is -2.47. The molecule has 3 N–H and O–H groups in total. The van der Waals surface area contributed by atoms with Crippen molar-refractivity contribution < 1.29 is 19.7 Å². The van der Waals surface area contributed by atoms with Gasteiger partial charge in [-0.15, -0.1) is 0 Å². The van der Waals surface area contributed by atoms with Crippen molar-refractivity contribution in [2.24, 2.45) is 0 Å². The Labute approximate surface area is 113 Å². The van der Waals surface area contributed by atoms with Gasteiger partial charge in [-0.05, 0) is 25.0 Å². The highest BCUT2D eigenvalue weighted by atomic mass is 16.5. The number of ether oxygens (including phenoxy) is 2. The largest absolute Gasteiger partial charge is 0.497 e. The molecule has 1 unspecified atom stereocenters. The molecule has 1 aromatic carbocycles. The zero-order valence-electron chi connectivity index (χ0n) is 11.1. The predicted molar refractivity (Wildman–Crippen MR) is 71.5 cm³/mol. The van der Waals surface area contributed by atoms with Gasteiger partial charge < -0.3 is 25.0 Å². The molecule has 0 aromatic heterocycles. The lowest BCUT2D eigenvalue weighted by atomic mass is 9.89. The molecule has 0 aliphatic heterocycles. The minimum Gasteiger partial charge on any atom is -0.497 e. The van der Waals surface area contributed by atoms with Gasteiger partial charge in [0.1, 0.15) is 24.2 Å². The third-order valence-corrected chi connectivity index (χ3v) is 3.24. The van der Waals surface area contributed by atoms with Gasteiger partial charge in [0.15, 0.2) is 0 Å². The fourth-order valence-corrected chi connectivity index (χ4v) is 2.00. The second-order valence-electron chi connectivity index (χ2n) is 4.87. The maximum Gasteiger partial charge on any atom is 0.123 e. The Balaban J connectivity index is 1.66. The SMILES string of the molecule is COc1cccc(OCC(O)CNC2CC(O)C2)c1. The Morgan fingerprint density at radius 1 is 1.37 bits per heavy atom. The number of nitrogens with one attached hydrogen (secondary N) is 1. The Morgan fingerprint density at radius 2 is 2.11 bits per heavy atom. The summed E-state index contributed by atoms with van der Waals surface area (Å²) < 4.78 is 10.6. The summed E-state index contributed by atoms with van der Waals surface area (Å²) in [5, 5.41) is 22.1. The molecular formula is C14H21NO4. The molecule has 2 rings (SSSR count). The van der Waals surface area contributed by atoms with Gasteiger partial charge in [0.2, 0.25) is 0 Å². The fourth-order valence-electron chi connectivity index (χ4n) is 2.00. The highest BCUT2D eigenvalue weighted by Gasteiger charge is 2.26. The van der Waals surface area contributed by atoms with E-state index in [4.69, 9.17) is 14.6 Å². The van der Waals surface area contributed by atoms with Crippen LogP contribution in [0.2, 0.25) is 0 Å². The lowest BCUT2D eigenvalue weighted by molar-refractivity contribution is 0.0487. The standard InChI is InChI=1S/C14H21NO4/c1-18-13-3-2-4-14(7-13)19-9-12(17)8-15-10-5-11(16)6-10/h2-4,7,10-12,15-17H,5-6,8-9H2,1H3. The first-order valence-electron chi connectivity index (χ1n) is 6.53. The van der Waals surface area contributed by atoms with Crippen molar-refractivity contribution in [3.63, 3.8) is 0 Å². The minimum absolute atomic E-state index is 0.178. The fraction of sp³-hybridized carbons (Fsp3) is 0.571. The van der Waals surface area contributed by atoms with Crippen molar-refractivity contribution in [3.8, 4) is 11.5 Å². The first-order valence-corrected chi connectivity index (χ1v) is 6.53. The maximum atomic E-state index is 9.79. The number of rotatable bonds is 7. The summed E-state index contributed by atoms with van der Waals surface area (Å²) >= 11 is 0. The molecule has 0 heterocycles. The smallest absolute Gasteiger partial charge is 0.123 e. The summed E-state index contributed by atoms with van der Waals surface area (Å²) in [5.41, 5.74) is 0. The van der Waals surface area contributed by atoms with Crippen LogP contribution in [0.25, 0.3) is 0 Å². The van der Waals surface area contributed by atoms with Crippen LogP contribution in [0.3, 0.4) is 0 Å². The first-order chi connectivity index (χ1) is 9.17. The maximum absolute atomic E-state index is 9.79. The van der Waals surface area contributed by atoms with Crippen molar-refractivity contribution in [2.45, 2.75) is 31.1 Å². The van der Waals surface area contributed by atoms with E-state index in [1.165, 1.54) is 0 Å². The van der Waals surface area contributed by atoms with Crippen LogP contribution in [0, 0.1) is 0 Å². The highest BCUT2D eigenvalue weighted by Crippen LogP contribution is 2.20. The van der Waals surface area contributed by atoms with Crippen molar-refractivity contribution in [1.82, 2.24) is 5.32 Å². The topological polar surface area (TPSA) is 71.0 Å². The molecule has 1 fully saturated rings. The van der Waals surface area contributed by atoms with E-state index in [9.17, 15) is 5.11 Å². The minimum atomic E-state index is -0.566. The van der Waals surface area contributed by atoms with Crippen LogP contribution >= 0.6 is 0 Å². The van der Waals surface area contributed by atoms with Gasteiger partial charge in [0, 0.05) is 18.7 Å². The molecule has 1 aliphatic rings. The third kappa shape index (κ3) is 4.38. The van der Waals surface area contributed by atoms with Gasteiger partial charge in [-0.3, -0.25) is 0 Å². The summed E-state index contributed by atoms with van der Waals surface area (Å²) in [4.78, 5) is 0. The Hall–Kier alpha value is -1.30. The summed E-state index contributed by atoms with van der Waals surface area (Å²) in [6, 6.07) is 7.61. The Bertz CT molecular complexity index is 393. The second kappa shape index (κ2) is 6.75. The number of methoxy groups -OCH3 is 1. The lowest BCUT2D eigenvalue weighted by Gasteiger charge is -2.32. The van der Waals surface area contributed by atoms with Crippen LogP contribution in [0.15, 0.2) is 24.3 Å². The summed E-state index contributed by atoms with van der Waals surface area (Å²) in [5.74, 6) is 1.41. The Morgan fingerprint density at radius 3 is 2.79 bits per heavy atom. The average Bonchev–Trinajstić information content (AvgIpc) is 2.40. The highest BCUT2D eigenvalue weighted by molar-refractivity contribution is 5.32. The molecule has 0 radical (unpaired) electrons. The van der Waals surface area contributed by atoms with Crippen LogP contribution in [0.1, 0.15) is 12.8 Å². The molecule has 19 heavy (non-hydrogen) atoms. The molecule has 0 amide bonds. The molecule has 5 heteroatoms. The monoisotopic (exact) mass is 267 g/mol. The molecule has 1 aromatic rings. The third-order valence-electron chi connectivity index (χ3n) is 3.24. The normalized spacial score (nSPS) is 23.5. The van der Waals surface area contributed by atoms with Crippen molar-refractivity contribution in [2.75, 3.05) is 20.3 Å². The van der Waals surface area contributed by atoms with Crippen LogP contribution < -0.4 is 14.8 Å². The molecule has 0 spiro atoms. The molecule has 1 atom stereocenters. The summed E-state index contributed by atoms with van der Waals surface area (Å²) in [6.45, 7) is 0.705. The molecule has 1 saturated carbocycles. The van der Waals surface area contributed by atoms with Gasteiger partial charge in [0.25, 0.3) is 0 Å². The van der Waals surface area contributed by atoms with E-state index in [-0.39, 0.29) is 12.7 Å². The quantitative estimate of drug-likeness (QED) is 0.673. The van der Waals surface area contributed by atoms with Crippen molar-refractivity contribution >= 4 is 0 Å². The number of hydrogen-bond donors (Lipinski definition) is 3. The molecule has 0 saturated heterocycles. The van der Waals surface area contributed by atoms with Crippen molar-refractivity contribution in [1.29, 1.82) is 0 Å². The molecule has 5 nitrogen and oxygen atoms in total. The van der Waals surface area contributed by atoms with E-state index < -0.39 is 6.10 Å². The molecule has 106 valence electrons. The molecule has 1 aliphatic carbocycles. The first kappa shape index (κ1) is 14.1. The van der Waals surface area contributed by atoms with Gasteiger partial charge in [-0.25, -0.2) is 0 Å². The predicted octanol–water partition coefficient (Wildman–Crippen LogP) is 0.548.